The highest BCUT2D eigenvalue weighted by Gasteiger charge is 2.33. The number of fused-ring (bicyclic) bond motifs is 3. The third-order valence-corrected chi connectivity index (χ3v) is 6.26. The number of methoxy groups -OCH3 is 1. The van der Waals surface area contributed by atoms with E-state index in [0.29, 0.717) is 28.8 Å². The van der Waals surface area contributed by atoms with Crippen molar-refractivity contribution < 1.29 is 9.53 Å². The highest BCUT2D eigenvalue weighted by atomic mass is 79.9. The molecule has 9 heteroatoms. The number of aromatic nitrogens is 3. The highest BCUT2D eigenvalue weighted by Crippen LogP contribution is 2.43. The van der Waals surface area contributed by atoms with Crippen molar-refractivity contribution in [2.24, 2.45) is 0 Å². The fourth-order valence-corrected chi connectivity index (χ4v) is 4.70. The molecule has 154 valence electrons. The van der Waals surface area contributed by atoms with E-state index in [-0.39, 0.29) is 17.8 Å². The predicted octanol–water partition coefficient (Wildman–Crippen LogP) is 5.82. The van der Waals surface area contributed by atoms with Gasteiger partial charge in [-0.3, -0.25) is 4.79 Å². The second kappa shape index (κ2) is 8.90. The predicted molar refractivity (Wildman–Crippen MR) is 119 cm³/mol. The normalized spacial score (nSPS) is 15.6. The molecular formula is C20H21BrCl2N4O2. The van der Waals surface area contributed by atoms with Crippen LogP contribution in [0.25, 0.3) is 10.9 Å². The number of hydrogen-bond donors (Lipinski definition) is 1. The van der Waals surface area contributed by atoms with E-state index in [1.54, 1.807) is 11.0 Å². The summed E-state index contributed by atoms with van der Waals surface area (Å²) in [6.07, 6.45) is 3.66. The molecule has 0 radical (unpaired) electrons. The van der Waals surface area contributed by atoms with Gasteiger partial charge in [-0.05, 0) is 13.0 Å². The van der Waals surface area contributed by atoms with Crippen LogP contribution in [0.15, 0.2) is 22.9 Å². The third kappa shape index (κ3) is 3.83. The highest BCUT2D eigenvalue weighted by molar-refractivity contribution is 9.10. The summed E-state index contributed by atoms with van der Waals surface area (Å²) < 4.78 is 5.89. The lowest BCUT2D eigenvalue weighted by Crippen LogP contribution is -2.39. The fraction of sp³-hybridized carbons (Fsp3) is 0.350. The van der Waals surface area contributed by atoms with E-state index in [2.05, 4.69) is 30.9 Å². The summed E-state index contributed by atoms with van der Waals surface area (Å²) >= 11 is 16.2. The molecule has 1 amide bonds. The van der Waals surface area contributed by atoms with Crippen LogP contribution in [0.1, 0.15) is 48.7 Å². The number of carbonyl (C=O) groups excluding carboxylic acids is 1. The first-order valence-corrected chi connectivity index (χ1v) is 10.8. The number of carbonyl (C=O) groups is 1. The standard InChI is InChI=1S/C18H15BrCl2N4O2.C2H6/c1-8-13-12(24-16-14(13)10(19)5-11(20)15(16)21)3-4-25(8)18(26)17-22-6-9(27-2)7-23-17;1-2/h5-8,24H,3-4H2,1-2H3;1-2H3. The smallest absolute Gasteiger partial charge is 0.292 e. The number of rotatable bonds is 2. The lowest BCUT2D eigenvalue weighted by Gasteiger charge is -2.33. The largest absolute Gasteiger partial charge is 0.494 e. The molecule has 2 aromatic heterocycles. The molecule has 0 saturated heterocycles. The van der Waals surface area contributed by atoms with Crippen molar-refractivity contribution in [1.29, 1.82) is 0 Å². The van der Waals surface area contributed by atoms with Crippen LogP contribution in [0.2, 0.25) is 10.0 Å². The van der Waals surface area contributed by atoms with Gasteiger partial charge in [0, 0.05) is 34.1 Å². The van der Waals surface area contributed by atoms with Crippen LogP contribution in [-0.4, -0.2) is 39.4 Å². The number of nitrogens with one attached hydrogen (secondary N) is 1. The van der Waals surface area contributed by atoms with Crippen LogP contribution >= 0.6 is 39.1 Å². The first-order valence-electron chi connectivity index (χ1n) is 9.27. The number of ether oxygens (including phenoxy) is 1. The molecule has 6 nitrogen and oxygen atoms in total. The molecule has 3 heterocycles. The Hall–Kier alpha value is -1.83. The molecule has 0 fully saturated rings. The van der Waals surface area contributed by atoms with Gasteiger partial charge < -0.3 is 14.6 Å². The molecule has 0 spiro atoms. The van der Waals surface area contributed by atoms with Crippen molar-refractivity contribution in [3.05, 3.63) is 50.1 Å². The van der Waals surface area contributed by atoms with E-state index in [1.165, 1.54) is 19.5 Å². The van der Waals surface area contributed by atoms with Gasteiger partial charge in [-0.1, -0.05) is 53.0 Å². The van der Waals surface area contributed by atoms with Crippen molar-refractivity contribution >= 4 is 55.9 Å². The van der Waals surface area contributed by atoms with Crippen LogP contribution in [-0.2, 0) is 6.42 Å². The van der Waals surface area contributed by atoms with Gasteiger partial charge in [0.1, 0.15) is 0 Å². The molecule has 1 aromatic carbocycles. The summed E-state index contributed by atoms with van der Waals surface area (Å²) in [6, 6.07) is 1.61. The average molecular weight is 500 g/mol. The number of nitrogens with zero attached hydrogens (tertiary/aromatic N) is 3. The summed E-state index contributed by atoms with van der Waals surface area (Å²) in [7, 11) is 1.53. The molecular weight excluding hydrogens is 479 g/mol. The van der Waals surface area contributed by atoms with Gasteiger partial charge in [-0.15, -0.1) is 0 Å². The zero-order valence-electron chi connectivity index (χ0n) is 16.5. The van der Waals surface area contributed by atoms with Gasteiger partial charge in [0.05, 0.1) is 41.1 Å². The molecule has 1 N–H and O–H groups in total. The Kier molecular flexibility index (Phi) is 6.71. The Balaban J connectivity index is 0.00000117. The molecule has 1 aliphatic heterocycles. The fourth-order valence-electron chi connectivity index (χ4n) is 3.52. The minimum atomic E-state index is -0.221. The number of hydrogen-bond acceptors (Lipinski definition) is 4. The monoisotopic (exact) mass is 498 g/mol. The molecule has 1 unspecified atom stereocenters. The van der Waals surface area contributed by atoms with E-state index in [0.717, 1.165) is 26.6 Å². The maximum Gasteiger partial charge on any atom is 0.292 e. The molecule has 4 rings (SSSR count). The minimum Gasteiger partial charge on any atom is -0.494 e. The van der Waals surface area contributed by atoms with E-state index in [4.69, 9.17) is 27.9 Å². The first-order chi connectivity index (χ1) is 13.9. The van der Waals surface area contributed by atoms with Crippen molar-refractivity contribution in [3.8, 4) is 5.75 Å². The minimum absolute atomic E-state index is 0.145. The lowest BCUT2D eigenvalue weighted by molar-refractivity contribution is 0.0665. The molecule has 1 aliphatic rings. The Morgan fingerprint density at radius 2 is 1.97 bits per heavy atom. The summed E-state index contributed by atoms with van der Waals surface area (Å²) in [6.45, 7) is 6.54. The first kappa shape index (κ1) is 21.9. The molecule has 0 saturated carbocycles. The topological polar surface area (TPSA) is 71.1 Å². The van der Waals surface area contributed by atoms with Crippen LogP contribution in [0.5, 0.6) is 5.75 Å². The van der Waals surface area contributed by atoms with Crippen LogP contribution < -0.4 is 4.74 Å². The molecule has 0 bridgehead atoms. The Morgan fingerprint density at radius 3 is 2.59 bits per heavy atom. The second-order valence-corrected chi connectivity index (χ2v) is 7.93. The quantitative estimate of drug-likeness (QED) is 0.451. The van der Waals surface area contributed by atoms with E-state index in [9.17, 15) is 4.79 Å². The van der Waals surface area contributed by atoms with Crippen molar-refractivity contribution in [2.75, 3.05) is 13.7 Å². The van der Waals surface area contributed by atoms with Gasteiger partial charge in [-0.25, -0.2) is 9.97 Å². The van der Waals surface area contributed by atoms with Crippen molar-refractivity contribution in [2.45, 2.75) is 33.2 Å². The van der Waals surface area contributed by atoms with Crippen molar-refractivity contribution in [3.63, 3.8) is 0 Å². The maximum absolute atomic E-state index is 13.0. The van der Waals surface area contributed by atoms with Crippen molar-refractivity contribution in [1.82, 2.24) is 19.9 Å². The average Bonchev–Trinajstić information content (AvgIpc) is 3.15. The van der Waals surface area contributed by atoms with Gasteiger partial charge in [0.15, 0.2) is 5.75 Å². The molecule has 1 atom stereocenters. The van der Waals surface area contributed by atoms with E-state index >= 15 is 0 Å². The van der Waals surface area contributed by atoms with Gasteiger partial charge in [0.25, 0.3) is 5.91 Å². The van der Waals surface area contributed by atoms with Crippen LogP contribution in [0.3, 0.4) is 0 Å². The third-order valence-electron chi connectivity index (χ3n) is 4.85. The van der Waals surface area contributed by atoms with Gasteiger partial charge >= 0.3 is 0 Å². The number of aromatic amines is 1. The molecule has 3 aromatic rings. The Bertz CT molecular complexity index is 1050. The number of amides is 1. The molecule has 29 heavy (non-hydrogen) atoms. The number of H-pyrrole nitrogens is 1. The Labute approximate surface area is 187 Å². The zero-order chi connectivity index (χ0) is 21.3. The van der Waals surface area contributed by atoms with Gasteiger partial charge in [0.2, 0.25) is 5.82 Å². The SMILES string of the molecule is CC.COc1cnc(C(=O)N2CCc3[nH]c4c(Cl)c(Cl)cc(Br)c4c3C2C)nc1. The van der Waals surface area contributed by atoms with Gasteiger partial charge in [-0.2, -0.15) is 0 Å². The summed E-state index contributed by atoms with van der Waals surface area (Å²) in [5.74, 6) is 0.431. The van der Waals surface area contributed by atoms with Crippen LogP contribution in [0, 0.1) is 0 Å². The maximum atomic E-state index is 13.0. The van der Waals surface area contributed by atoms with Crippen LogP contribution in [0.4, 0.5) is 0 Å². The Morgan fingerprint density at radius 1 is 1.31 bits per heavy atom. The van der Waals surface area contributed by atoms with E-state index in [1.807, 2.05) is 20.8 Å². The number of halogens is 3. The summed E-state index contributed by atoms with van der Waals surface area (Å²) in [5, 5.41) is 1.90. The molecule has 0 aliphatic carbocycles. The summed E-state index contributed by atoms with van der Waals surface area (Å²) in [4.78, 5) is 26.4. The second-order valence-electron chi connectivity index (χ2n) is 6.29. The number of benzene rings is 1. The van der Waals surface area contributed by atoms with E-state index < -0.39 is 0 Å². The zero-order valence-corrected chi connectivity index (χ0v) is 19.6. The lowest BCUT2D eigenvalue weighted by atomic mass is 9.97. The summed E-state index contributed by atoms with van der Waals surface area (Å²) in [5.41, 5.74) is 2.87.